The van der Waals surface area contributed by atoms with Crippen molar-refractivity contribution in [2.45, 2.75) is 32.6 Å². The number of hydrogen-bond donors (Lipinski definition) is 0. The summed E-state index contributed by atoms with van der Waals surface area (Å²) >= 11 is 0. The van der Waals surface area contributed by atoms with E-state index >= 15 is 0 Å². The van der Waals surface area contributed by atoms with Gasteiger partial charge in [0.25, 0.3) is 0 Å². The SMILES string of the molecule is CC1CC(C)CN(C(=O)CN2CCN(C(=O)C3CC3c3ccco3)CC2)C1. The van der Waals surface area contributed by atoms with Gasteiger partial charge in [-0.05, 0) is 36.8 Å². The highest BCUT2D eigenvalue weighted by Gasteiger charge is 2.47. The summed E-state index contributed by atoms with van der Waals surface area (Å²) in [5.74, 6) is 2.95. The first-order valence-corrected chi connectivity index (χ1v) is 10.3. The third-order valence-corrected chi connectivity index (χ3v) is 6.28. The number of carbonyl (C=O) groups excluding carboxylic acids is 2. The van der Waals surface area contributed by atoms with E-state index < -0.39 is 0 Å². The first-order valence-electron chi connectivity index (χ1n) is 10.3. The van der Waals surface area contributed by atoms with E-state index in [0.717, 1.165) is 51.4 Å². The van der Waals surface area contributed by atoms with Crippen LogP contribution in [0, 0.1) is 17.8 Å². The Kier molecular flexibility index (Phi) is 5.26. The van der Waals surface area contributed by atoms with Gasteiger partial charge in [-0.15, -0.1) is 0 Å². The maximum Gasteiger partial charge on any atom is 0.236 e. The fraction of sp³-hybridized carbons (Fsp3) is 0.714. The zero-order valence-corrected chi connectivity index (χ0v) is 16.5. The molecule has 2 amide bonds. The molecule has 4 atom stereocenters. The molecule has 0 spiro atoms. The molecular weight excluding hydrogens is 342 g/mol. The van der Waals surface area contributed by atoms with Crippen molar-refractivity contribution in [2.75, 3.05) is 45.8 Å². The summed E-state index contributed by atoms with van der Waals surface area (Å²) in [6.45, 7) is 9.74. The maximum absolute atomic E-state index is 12.7. The minimum atomic E-state index is 0.0839. The molecule has 6 heteroatoms. The molecule has 3 fully saturated rings. The van der Waals surface area contributed by atoms with Crippen LogP contribution in [0.4, 0.5) is 0 Å². The van der Waals surface area contributed by atoms with Crippen LogP contribution < -0.4 is 0 Å². The van der Waals surface area contributed by atoms with Crippen LogP contribution in [0.2, 0.25) is 0 Å². The lowest BCUT2D eigenvalue weighted by molar-refractivity contribution is -0.137. The molecule has 1 aromatic rings. The van der Waals surface area contributed by atoms with Crippen molar-refractivity contribution >= 4 is 11.8 Å². The van der Waals surface area contributed by atoms with Gasteiger partial charge in [0, 0.05) is 51.1 Å². The van der Waals surface area contributed by atoms with Crippen molar-refractivity contribution in [1.82, 2.24) is 14.7 Å². The Bertz CT molecular complexity index is 656. The van der Waals surface area contributed by atoms with Gasteiger partial charge in [-0.25, -0.2) is 0 Å². The van der Waals surface area contributed by atoms with Crippen molar-refractivity contribution in [2.24, 2.45) is 17.8 Å². The van der Waals surface area contributed by atoms with E-state index in [9.17, 15) is 9.59 Å². The second-order valence-corrected chi connectivity index (χ2v) is 8.81. The van der Waals surface area contributed by atoms with Gasteiger partial charge in [-0.2, -0.15) is 0 Å². The van der Waals surface area contributed by atoms with Crippen LogP contribution >= 0.6 is 0 Å². The Morgan fingerprint density at radius 2 is 1.74 bits per heavy atom. The summed E-state index contributed by atoms with van der Waals surface area (Å²) in [5, 5.41) is 0. The average molecular weight is 373 g/mol. The van der Waals surface area contributed by atoms with Gasteiger partial charge < -0.3 is 14.2 Å². The standard InChI is InChI=1S/C21H31N3O3/c1-15-10-16(2)13-24(12-15)20(25)14-22-5-7-23(8-6-22)21(26)18-11-17(18)19-4-3-9-27-19/h3-4,9,15-18H,5-8,10-14H2,1-2H3. The van der Waals surface area contributed by atoms with E-state index in [-0.39, 0.29) is 23.7 Å². The normalized spacial score (nSPS) is 31.8. The minimum Gasteiger partial charge on any atom is -0.469 e. The summed E-state index contributed by atoms with van der Waals surface area (Å²) in [4.78, 5) is 31.6. The van der Waals surface area contributed by atoms with E-state index in [1.54, 1.807) is 6.26 Å². The molecule has 4 unspecified atom stereocenters. The summed E-state index contributed by atoms with van der Waals surface area (Å²) < 4.78 is 5.44. The summed E-state index contributed by atoms with van der Waals surface area (Å²) in [7, 11) is 0. The van der Waals surface area contributed by atoms with E-state index in [1.165, 1.54) is 6.42 Å². The topological polar surface area (TPSA) is 57.0 Å². The Morgan fingerprint density at radius 3 is 2.37 bits per heavy atom. The molecule has 0 bridgehead atoms. The number of furan rings is 1. The lowest BCUT2D eigenvalue weighted by Gasteiger charge is -2.38. The molecule has 1 saturated carbocycles. The molecule has 0 N–H and O–H groups in total. The number of carbonyl (C=O) groups is 2. The van der Waals surface area contributed by atoms with E-state index in [4.69, 9.17) is 4.42 Å². The number of piperidine rings is 1. The predicted molar refractivity (Wildman–Crippen MR) is 102 cm³/mol. The number of rotatable bonds is 4. The number of amides is 2. The first-order chi connectivity index (χ1) is 13.0. The van der Waals surface area contributed by atoms with Gasteiger partial charge in [0.05, 0.1) is 12.8 Å². The smallest absolute Gasteiger partial charge is 0.236 e. The van der Waals surface area contributed by atoms with Crippen LogP contribution in [-0.2, 0) is 9.59 Å². The molecule has 4 rings (SSSR count). The lowest BCUT2D eigenvalue weighted by atomic mass is 9.92. The molecule has 27 heavy (non-hydrogen) atoms. The largest absolute Gasteiger partial charge is 0.469 e. The van der Waals surface area contributed by atoms with Gasteiger partial charge >= 0.3 is 0 Å². The molecule has 1 aliphatic carbocycles. The second kappa shape index (κ2) is 7.66. The number of piperazine rings is 1. The van der Waals surface area contributed by atoms with Crippen LogP contribution in [0.5, 0.6) is 0 Å². The van der Waals surface area contributed by atoms with E-state index in [1.807, 2.05) is 21.9 Å². The Balaban J connectivity index is 1.22. The average Bonchev–Trinajstić information content (AvgIpc) is 3.25. The van der Waals surface area contributed by atoms with E-state index in [2.05, 4.69) is 18.7 Å². The number of hydrogen-bond acceptors (Lipinski definition) is 4. The first kappa shape index (κ1) is 18.5. The van der Waals surface area contributed by atoms with Crippen molar-refractivity contribution < 1.29 is 14.0 Å². The predicted octanol–water partition coefficient (Wildman–Crippen LogP) is 2.03. The summed E-state index contributed by atoms with van der Waals surface area (Å²) in [6.07, 6.45) is 3.79. The van der Waals surface area contributed by atoms with Crippen LogP contribution in [0.15, 0.2) is 22.8 Å². The maximum atomic E-state index is 12.7. The molecule has 1 aromatic heterocycles. The van der Waals surface area contributed by atoms with Crippen molar-refractivity contribution in [3.8, 4) is 0 Å². The third-order valence-electron chi connectivity index (χ3n) is 6.28. The molecule has 2 aliphatic heterocycles. The zero-order chi connectivity index (χ0) is 19.0. The second-order valence-electron chi connectivity index (χ2n) is 8.81. The Hall–Kier alpha value is -1.82. The summed E-state index contributed by atoms with van der Waals surface area (Å²) in [6, 6.07) is 3.85. The van der Waals surface area contributed by atoms with Gasteiger partial charge in [-0.3, -0.25) is 14.5 Å². The fourth-order valence-electron chi connectivity index (χ4n) is 4.80. The summed E-state index contributed by atoms with van der Waals surface area (Å²) in [5.41, 5.74) is 0. The van der Waals surface area contributed by atoms with Crippen molar-refractivity contribution in [3.63, 3.8) is 0 Å². The minimum absolute atomic E-state index is 0.0839. The van der Waals surface area contributed by atoms with Gasteiger partial charge in [0.15, 0.2) is 0 Å². The number of likely N-dealkylation sites (tertiary alicyclic amines) is 1. The lowest BCUT2D eigenvalue weighted by Crippen LogP contribution is -2.53. The van der Waals surface area contributed by atoms with Crippen molar-refractivity contribution in [3.05, 3.63) is 24.2 Å². The molecule has 0 aromatic carbocycles. The Morgan fingerprint density at radius 1 is 1.04 bits per heavy atom. The molecular formula is C21H31N3O3. The number of nitrogens with zero attached hydrogens (tertiary/aromatic N) is 3. The fourth-order valence-corrected chi connectivity index (χ4v) is 4.80. The molecule has 2 saturated heterocycles. The van der Waals surface area contributed by atoms with Crippen LogP contribution in [0.1, 0.15) is 38.4 Å². The Labute approximate surface area is 161 Å². The molecule has 6 nitrogen and oxygen atoms in total. The van der Waals surface area contributed by atoms with Crippen LogP contribution in [0.3, 0.4) is 0 Å². The highest BCUT2D eigenvalue weighted by Crippen LogP contribution is 2.48. The monoisotopic (exact) mass is 373 g/mol. The molecule has 148 valence electrons. The third kappa shape index (κ3) is 4.21. The van der Waals surface area contributed by atoms with Crippen LogP contribution in [0.25, 0.3) is 0 Å². The van der Waals surface area contributed by atoms with Crippen LogP contribution in [-0.4, -0.2) is 72.3 Å². The van der Waals surface area contributed by atoms with Gasteiger partial charge in [-0.1, -0.05) is 13.8 Å². The highest BCUT2D eigenvalue weighted by molar-refractivity contribution is 5.83. The van der Waals surface area contributed by atoms with E-state index in [0.29, 0.717) is 18.4 Å². The quantitative estimate of drug-likeness (QED) is 0.810. The molecule has 3 aliphatic rings. The zero-order valence-electron chi connectivity index (χ0n) is 16.5. The molecule has 0 radical (unpaired) electrons. The van der Waals surface area contributed by atoms with Gasteiger partial charge in [0.1, 0.15) is 5.76 Å². The van der Waals surface area contributed by atoms with Gasteiger partial charge in [0.2, 0.25) is 11.8 Å². The highest BCUT2D eigenvalue weighted by atomic mass is 16.3. The van der Waals surface area contributed by atoms with Crippen molar-refractivity contribution in [1.29, 1.82) is 0 Å². The molecule has 3 heterocycles.